The minimum absolute atomic E-state index is 0.392. The third kappa shape index (κ3) is 2.69. The van der Waals surface area contributed by atoms with Gasteiger partial charge in [0.1, 0.15) is 0 Å². The second-order valence-corrected chi connectivity index (χ2v) is 5.55. The van der Waals surface area contributed by atoms with Gasteiger partial charge in [-0.25, -0.2) is 4.98 Å². The zero-order valence-electron chi connectivity index (χ0n) is 8.68. The molecule has 0 amide bonds. The third-order valence-corrected chi connectivity index (χ3v) is 3.65. The highest BCUT2D eigenvalue weighted by Crippen LogP contribution is 2.37. The van der Waals surface area contributed by atoms with Gasteiger partial charge in [0.25, 0.3) is 0 Å². The average molecular weight is 322 g/mol. The molecule has 0 saturated heterocycles. The number of alkyl halides is 3. The van der Waals surface area contributed by atoms with Crippen molar-refractivity contribution in [2.24, 2.45) is 0 Å². The van der Waals surface area contributed by atoms with Crippen molar-refractivity contribution in [2.75, 3.05) is 0 Å². The molecule has 0 aliphatic heterocycles. The Morgan fingerprint density at radius 3 is 2.53 bits per heavy atom. The number of rotatable bonds is 1. The molecule has 2 aromatic rings. The highest BCUT2D eigenvalue weighted by Gasteiger charge is 2.35. The van der Waals surface area contributed by atoms with Crippen LogP contribution in [0.4, 0.5) is 13.2 Å². The molecule has 0 aliphatic carbocycles. The van der Waals surface area contributed by atoms with Gasteiger partial charge in [0.15, 0.2) is 5.01 Å². The second kappa shape index (κ2) is 4.42. The number of hydrogen-bond donors (Lipinski definition) is 0. The first-order valence-corrected chi connectivity index (χ1v) is 6.29. The van der Waals surface area contributed by atoms with E-state index in [1.165, 1.54) is 0 Å². The van der Waals surface area contributed by atoms with E-state index < -0.39 is 11.2 Å². The summed E-state index contributed by atoms with van der Waals surface area (Å²) in [5.41, 5.74) is 1.08. The van der Waals surface area contributed by atoms with Gasteiger partial charge >= 0.3 is 6.18 Å². The summed E-state index contributed by atoms with van der Waals surface area (Å²) >= 11 is 3.95. The first-order valence-electron chi connectivity index (χ1n) is 4.68. The number of aryl methyl sites for hydroxylation is 1. The van der Waals surface area contributed by atoms with Gasteiger partial charge in [-0.15, -0.1) is 11.3 Å². The van der Waals surface area contributed by atoms with Crippen molar-refractivity contribution in [3.8, 4) is 11.3 Å². The van der Waals surface area contributed by atoms with Crippen LogP contribution < -0.4 is 0 Å². The van der Waals surface area contributed by atoms with Crippen LogP contribution in [-0.4, -0.2) is 4.98 Å². The molecule has 0 atom stereocenters. The summed E-state index contributed by atoms with van der Waals surface area (Å²) in [6.07, 6.45) is -4.38. The van der Waals surface area contributed by atoms with Crippen molar-refractivity contribution in [1.82, 2.24) is 4.98 Å². The van der Waals surface area contributed by atoms with Crippen LogP contribution in [0.1, 0.15) is 9.88 Å². The lowest BCUT2D eigenvalue weighted by Crippen LogP contribution is -2.03. The van der Waals surface area contributed by atoms with E-state index in [0.717, 1.165) is 4.47 Å². The average Bonchev–Trinajstić information content (AvgIpc) is 2.60. The molecule has 0 unspecified atom stereocenters. The van der Waals surface area contributed by atoms with E-state index in [9.17, 15) is 13.2 Å². The van der Waals surface area contributed by atoms with Gasteiger partial charge in [0.05, 0.1) is 5.69 Å². The number of halogens is 4. The SMILES string of the molecule is Cc1sc(C(F)(F)F)nc1-c1cccc(Br)c1. The van der Waals surface area contributed by atoms with E-state index in [2.05, 4.69) is 20.9 Å². The predicted molar refractivity (Wildman–Crippen MR) is 65.0 cm³/mol. The Morgan fingerprint density at radius 2 is 2.00 bits per heavy atom. The van der Waals surface area contributed by atoms with Crippen LogP contribution in [0.15, 0.2) is 28.7 Å². The van der Waals surface area contributed by atoms with Gasteiger partial charge in [-0.1, -0.05) is 28.1 Å². The molecule has 0 spiro atoms. The molecule has 17 heavy (non-hydrogen) atoms. The van der Waals surface area contributed by atoms with Crippen molar-refractivity contribution in [3.63, 3.8) is 0 Å². The summed E-state index contributed by atoms with van der Waals surface area (Å²) in [7, 11) is 0. The lowest BCUT2D eigenvalue weighted by Gasteiger charge is -2.00. The molecule has 1 heterocycles. The van der Waals surface area contributed by atoms with Gasteiger partial charge in [-0.3, -0.25) is 0 Å². The molecule has 0 aliphatic rings. The van der Waals surface area contributed by atoms with Crippen molar-refractivity contribution < 1.29 is 13.2 Å². The Balaban J connectivity index is 2.50. The fraction of sp³-hybridized carbons (Fsp3) is 0.182. The first kappa shape index (κ1) is 12.6. The molecule has 0 N–H and O–H groups in total. The summed E-state index contributed by atoms with van der Waals surface area (Å²) in [5.74, 6) is 0. The summed E-state index contributed by atoms with van der Waals surface area (Å²) in [6, 6.07) is 7.08. The lowest BCUT2D eigenvalue weighted by molar-refractivity contribution is -0.137. The van der Waals surface area contributed by atoms with Crippen molar-refractivity contribution in [2.45, 2.75) is 13.1 Å². The molecular formula is C11H7BrF3NS. The van der Waals surface area contributed by atoms with Crippen molar-refractivity contribution >= 4 is 27.3 Å². The topological polar surface area (TPSA) is 12.9 Å². The molecule has 2 rings (SSSR count). The van der Waals surface area contributed by atoms with Crippen molar-refractivity contribution in [3.05, 3.63) is 38.6 Å². The zero-order chi connectivity index (χ0) is 12.6. The summed E-state index contributed by atoms with van der Waals surface area (Å²) in [5, 5.41) is -0.801. The minimum Gasteiger partial charge on any atom is -0.232 e. The number of aromatic nitrogens is 1. The Labute approximate surface area is 108 Å². The van der Waals surface area contributed by atoms with Crippen LogP contribution >= 0.6 is 27.3 Å². The minimum atomic E-state index is -4.38. The predicted octanol–water partition coefficient (Wildman–Crippen LogP) is 4.90. The quantitative estimate of drug-likeness (QED) is 0.728. The van der Waals surface area contributed by atoms with E-state index >= 15 is 0 Å². The summed E-state index contributed by atoms with van der Waals surface area (Å²) in [4.78, 5) is 4.23. The Bertz CT molecular complexity index is 548. The van der Waals surface area contributed by atoms with Crippen molar-refractivity contribution in [1.29, 1.82) is 0 Å². The molecule has 0 radical (unpaired) electrons. The molecule has 0 saturated carbocycles. The molecule has 1 aromatic heterocycles. The molecule has 1 nitrogen and oxygen atoms in total. The molecule has 90 valence electrons. The molecule has 0 fully saturated rings. The van der Waals surface area contributed by atoms with Gasteiger partial charge in [-0.2, -0.15) is 13.2 Å². The zero-order valence-corrected chi connectivity index (χ0v) is 11.1. The first-order chi connectivity index (χ1) is 7.88. The van der Waals surface area contributed by atoms with E-state index in [-0.39, 0.29) is 0 Å². The Hall–Kier alpha value is -0.880. The Morgan fingerprint density at radius 1 is 1.29 bits per heavy atom. The van der Waals surface area contributed by atoms with Gasteiger partial charge in [-0.05, 0) is 19.1 Å². The highest BCUT2D eigenvalue weighted by atomic mass is 79.9. The monoisotopic (exact) mass is 321 g/mol. The van der Waals surface area contributed by atoms with Gasteiger partial charge in [0.2, 0.25) is 0 Å². The van der Waals surface area contributed by atoms with E-state index in [1.807, 2.05) is 6.07 Å². The van der Waals surface area contributed by atoms with Crippen LogP contribution in [0.2, 0.25) is 0 Å². The maximum atomic E-state index is 12.5. The van der Waals surface area contributed by atoms with Crippen LogP contribution in [0.3, 0.4) is 0 Å². The maximum absolute atomic E-state index is 12.5. The second-order valence-electron chi connectivity index (χ2n) is 3.43. The fourth-order valence-electron chi connectivity index (χ4n) is 1.42. The van der Waals surface area contributed by atoms with Crippen LogP contribution in [0, 0.1) is 6.92 Å². The highest BCUT2D eigenvalue weighted by molar-refractivity contribution is 9.10. The largest absolute Gasteiger partial charge is 0.443 e. The fourth-order valence-corrected chi connectivity index (χ4v) is 2.62. The maximum Gasteiger partial charge on any atom is 0.443 e. The summed E-state index contributed by atoms with van der Waals surface area (Å²) in [6.45, 7) is 1.64. The molecular weight excluding hydrogens is 315 g/mol. The lowest BCUT2D eigenvalue weighted by atomic mass is 10.1. The standard InChI is InChI=1S/C11H7BrF3NS/c1-6-9(7-3-2-4-8(12)5-7)16-10(17-6)11(13,14)15/h2-5H,1H3. The van der Waals surface area contributed by atoms with Crippen LogP contribution in [0.5, 0.6) is 0 Å². The third-order valence-electron chi connectivity index (χ3n) is 2.14. The van der Waals surface area contributed by atoms with Crippen LogP contribution in [-0.2, 0) is 6.18 Å². The van der Waals surface area contributed by atoms with Gasteiger partial charge in [0, 0.05) is 14.9 Å². The van der Waals surface area contributed by atoms with Crippen LogP contribution in [0.25, 0.3) is 11.3 Å². The van der Waals surface area contributed by atoms with E-state index in [0.29, 0.717) is 27.5 Å². The number of hydrogen-bond acceptors (Lipinski definition) is 2. The Kier molecular flexibility index (Phi) is 3.27. The van der Waals surface area contributed by atoms with E-state index in [1.54, 1.807) is 25.1 Å². The van der Waals surface area contributed by atoms with E-state index in [4.69, 9.17) is 0 Å². The van der Waals surface area contributed by atoms with Gasteiger partial charge < -0.3 is 0 Å². The molecule has 0 bridgehead atoms. The number of nitrogens with zero attached hydrogens (tertiary/aromatic N) is 1. The summed E-state index contributed by atoms with van der Waals surface area (Å²) < 4.78 is 38.4. The normalized spacial score (nSPS) is 11.8. The smallest absolute Gasteiger partial charge is 0.232 e. The number of thiazole rings is 1. The molecule has 6 heteroatoms. The molecule has 1 aromatic carbocycles. The number of benzene rings is 1.